The minimum absolute atomic E-state index is 0.278. The molecule has 1 saturated carbocycles. The predicted octanol–water partition coefficient (Wildman–Crippen LogP) is 3.87. The second-order valence-corrected chi connectivity index (χ2v) is 9.32. The van der Waals surface area contributed by atoms with E-state index in [9.17, 15) is 8.78 Å². The number of nitrogens with one attached hydrogen (secondary N) is 1. The van der Waals surface area contributed by atoms with Gasteiger partial charge in [0.15, 0.2) is 11.6 Å². The molecule has 2 fully saturated rings. The van der Waals surface area contributed by atoms with Crippen LogP contribution in [0, 0.1) is 23.5 Å². The highest BCUT2D eigenvalue weighted by Gasteiger charge is 2.43. The van der Waals surface area contributed by atoms with E-state index in [1.807, 2.05) is 15.6 Å². The molecule has 1 aliphatic carbocycles. The van der Waals surface area contributed by atoms with Gasteiger partial charge in [0, 0.05) is 50.0 Å². The van der Waals surface area contributed by atoms with Crippen molar-refractivity contribution >= 4 is 35.0 Å². The van der Waals surface area contributed by atoms with Crippen molar-refractivity contribution in [2.45, 2.75) is 31.8 Å². The first-order valence-electron chi connectivity index (χ1n) is 11.2. The number of halogens is 3. The monoisotopic (exact) mass is 472 g/mol. The summed E-state index contributed by atoms with van der Waals surface area (Å²) in [5.74, 6) is 1.26. The molecule has 1 saturated heterocycles. The van der Waals surface area contributed by atoms with Crippen LogP contribution in [0.1, 0.15) is 19.3 Å². The summed E-state index contributed by atoms with van der Waals surface area (Å²) in [6.45, 7) is 3.18. The fourth-order valence-corrected chi connectivity index (χ4v) is 5.55. The van der Waals surface area contributed by atoms with Crippen LogP contribution in [0.15, 0.2) is 30.6 Å². The first-order valence-corrected chi connectivity index (χ1v) is 11.6. The Labute approximate surface area is 194 Å². The molecule has 11 heteroatoms. The summed E-state index contributed by atoms with van der Waals surface area (Å²) in [6.07, 6.45) is 4.61. The topological polar surface area (TPSA) is 75.0 Å². The molecule has 2 aliphatic heterocycles. The Hall–Kier alpha value is -3.01. The maximum Gasteiger partial charge on any atom is 0.244 e. The van der Waals surface area contributed by atoms with Crippen LogP contribution >= 0.6 is 11.6 Å². The average Bonchev–Trinajstić information content (AvgIpc) is 3.31. The third-order valence-electron chi connectivity index (χ3n) is 6.93. The molecule has 2 unspecified atom stereocenters. The van der Waals surface area contributed by atoms with E-state index in [4.69, 9.17) is 16.6 Å². The molecule has 6 rings (SSSR count). The van der Waals surface area contributed by atoms with Gasteiger partial charge in [-0.15, -0.1) is 5.10 Å². The lowest BCUT2D eigenvalue weighted by Crippen LogP contribution is -2.48. The van der Waals surface area contributed by atoms with Gasteiger partial charge in [0.2, 0.25) is 11.9 Å². The average molecular weight is 473 g/mol. The van der Waals surface area contributed by atoms with Crippen molar-refractivity contribution in [1.82, 2.24) is 24.7 Å². The van der Waals surface area contributed by atoms with Gasteiger partial charge >= 0.3 is 0 Å². The van der Waals surface area contributed by atoms with E-state index in [2.05, 4.69) is 25.3 Å². The largest absolute Gasteiger partial charge is 0.356 e. The molecule has 8 nitrogen and oxygen atoms in total. The molecule has 0 radical (unpaired) electrons. The third-order valence-corrected chi connectivity index (χ3v) is 7.14. The number of hydrogen-bond acceptors (Lipinski definition) is 7. The normalized spacial score (nSPS) is 24.2. The van der Waals surface area contributed by atoms with E-state index in [0.717, 1.165) is 50.8 Å². The molecule has 0 amide bonds. The van der Waals surface area contributed by atoms with Gasteiger partial charge in [-0.25, -0.2) is 23.4 Å². The van der Waals surface area contributed by atoms with Gasteiger partial charge in [-0.3, -0.25) is 0 Å². The van der Waals surface area contributed by atoms with Crippen molar-refractivity contribution in [3.63, 3.8) is 0 Å². The number of anilines is 4. The van der Waals surface area contributed by atoms with Gasteiger partial charge in [0.1, 0.15) is 17.3 Å². The fourth-order valence-electron chi connectivity index (χ4n) is 5.41. The SMILES string of the molecule is Fc1ccc(N2CCCn3nc(NC4C5CC[C@H]4CN(c4cc(Cl)ncn4)C5)nc32)cc1F. The van der Waals surface area contributed by atoms with Crippen LogP contribution in [0.5, 0.6) is 0 Å². The van der Waals surface area contributed by atoms with E-state index in [1.54, 1.807) is 6.07 Å². The van der Waals surface area contributed by atoms with Crippen molar-refractivity contribution in [3.8, 4) is 0 Å². The molecule has 3 atom stereocenters. The Bertz CT molecular complexity index is 1170. The number of hydrogen-bond donors (Lipinski definition) is 1. The van der Waals surface area contributed by atoms with E-state index >= 15 is 0 Å². The van der Waals surface area contributed by atoms with Crippen LogP contribution in [0.2, 0.25) is 5.15 Å². The number of fused-ring (bicyclic) bond motifs is 3. The first-order chi connectivity index (χ1) is 16.0. The summed E-state index contributed by atoms with van der Waals surface area (Å²) in [4.78, 5) is 17.3. The molecule has 2 aromatic heterocycles. The minimum Gasteiger partial charge on any atom is -0.356 e. The molecule has 1 aromatic carbocycles. The molecule has 2 bridgehead atoms. The standard InChI is InChI=1S/C22H23ClF2N8/c23-18-9-19(27-12-26-18)31-10-13-2-3-14(11-31)20(13)28-21-29-22-32(6-1-7-33(22)30-21)15-4-5-16(24)17(25)8-15/h4-5,8-9,12-14,20H,1-3,6-7,10-11H2,(H,28,30)/t13-,14?,20?/m0/s1. The smallest absolute Gasteiger partial charge is 0.244 e. The molecule has 1 N–H and O–H groups in total. The number of piperidine rings is 1. The maximum absolute atomic E-state index is 13.8. The van der Waals surface area contributed by atoms with Gasteiger partial charge in [-0.05, 0) is 43.2 Å². The van der Waals surface area contributed by atoms with E-state index in [1.165, 1.54) is 12.4 Å². The van der Waals surface area contributed by atoms with Crippen molar-refractivity contribution < 1.29 is 8.78 Å². The van der Waals surface area contributed by atoms with Crippen LogP contribution in [-0.2, 0) is 6.54 Å². The minimum atomic E-state index is -0.865. The molecule has 3 aromatic rings. The summed E-state index contributed by atoms with van der Waals surface area (Å²) in [7, 11) is 0. The second-order valence-electron chi connectivity index (χ2n) is 8.93. The maximum atomic E-state index is 13.8. The highest BCUT2D eigenvalue weighted by atomic mass is 35.5. The first kappa shape index (κ1) is 20.6. The lowest BCUT2D eigenvalue weighted by Gasteiger charge is -2.38. The number of benzene rings is 1. The highest BCUT2D eigenvalue weighted by molar-refractivity contribution is 6.29. The zero-order valence-corrected chi connectivity index (χ0v) is 18.6. The van der Waals surface area contributed by atoms with Gasteiger partial charge in [-0.2, -0.15) is 4.98 Å². The Morgan fingerprint density at radius 2 is 1.82 bits per heavy atom. The quantitative estimate of drug-likeness (QED) is 0.578. The lowest BCUT2D eigenvalue weighted by atomic mass is 9.92. The van der Waals surface area contributed by atoms with Crippen LogP contribution < -0.4 is 15.1 Å². The molecular formula is C22H23ClF2N8. The van der Waals surface area contributed by atoms with Gasteiger partial charge in [-0.1, -0.05) is 11.6 Å². The van der Waals surface area contributed by atoms with Crippen LogP contribution in [-0.4, -0.2) is 50.4 Å². The van der Waals surface area contributed by atoms with Crippen LogP contribution in [0.4, 0.5) is 32.2 Å². The Morgan fingerprint density at radius 1 is 1.00 bits per heavy atom. The second kappa shape index (κ2) is 8.09. The number of aromatic nitrogens is 5. The van der Waals surface area contributed by atoms with Gasteiger partial charge in [0.05, 0.1) is 0 Å². The van der Waals surface area contributed by atoms with E-state index < -0.39 is 11.6 Å². The van der Waals surface area contributed by atoms with Crippen molar-refractivity contribution in [2.24, 2.45) is 11.8 Å². The molecule has 0 spiro atoms. The molecular weight excluding hydrogens is 450 g/mol. The Balaban J connectivity index is 1.21. The highest BCUT2D eigenvalue weighted by Crippen LogP contribution is 2.40. The Morgan fingerprint density at radius 3 is 2.58 bits per heavy atom. The van der Waals surface area contributed by atoms with Crippen molar-refractivity contribution in [3.05, 3.63) is 47.4 Å². The predicted molar refractivity (Wildman–Crippen MR) is 121 cm³/mol. The van der Waals surface area contributed by atoms with Crippen LogP contribution in [0.25, 0.3) is 0 Å². The summed E-state index contributed by atoms with van der Waals surface area (Å²) in [5.41, 5.74) is 0.575. The zero-order chi connectivity index (χ0) is 22.5. The third kappa shape index (κ3) is 3.76. The number of aryl methyl sites for hydroxylation is 1. The Kier molecular flexibility index (Phi) is 5.05. The summed E-state index contributed by atoms with van der Waals surface area (Å²) >= 11 is 6.06. The van der Waals surface area contributed by atoms with E-state index in [0.29, 0.717) is 41.1 Å². The van der Waals surface area contributed by atoms with Gasteiger partial charge in [0.25, 0.3) is 0 Å². The van der Waals surface area contributed by atoms with Gasteiger partial charge < -0.3 is 15.1 Å². The lowest BCUT2D eigenvalue weighted by molar-refractivity contribution is 0.374. The number of nitrogens with zero attached hydrogens (tertiary/aromatic N) is 7. The van der Waals surface area contributed by atoms with Crippen LogP contribution in [0.3, 0.4) is 0 Å². The summed E-state index contributed by atoms with van der Waals surface area (Å²) in [6, 6.07) is 6.02. The molecule has 3 aliphatic rings. The van der Waals surface area contributed by atoms with Crippen molar-refractivity contribution in [2.75, 3.05) is 34.8 Å². The summed E-state index contributed by atoms with van der Waals surface area (Å²) in [5, 5.41) is 8.72. The fraction of sp³-hybridized carbons (Fsp3) is 0.455. The molecule has 33 heavy (non-hydrogen) atoms. The van der Waals surface area contributed by atoms with Crippen molar-refractivity contribution in [1.29, 1.82) is 0 Å². The van der Waals surface area contributed by atoms with E-state index in [-0.39, 0.29) is 6.04 Å². The zero-order valence-electron chi connectivity index (χ0n) is 17.8. The molecule has 4 heterocycles. The number of rotatable bonds is 4. The summed E-state index contributed by atoms with van der Waals surface area (Å²) < 4.78 is 29.1. The molecule has 172 valence electrons.